The summed E-state index contributed by atoms with van der Waals surface area (Å²) in [5.74, 6) is -0.888. The Hall–Kier alpha value is -0.595. The zero-order chi connectivity index (χ0) is 7.56. The van der Waals surface area contributed by atoms with Crippen molar-refractivity contribution < 1.29 is 8.78 Å². The third-order valence-electron chi connectivity index (χ3n) is 1.53. The third kappa shape index (κ3) is 1.46. The van der Waals surface area contributed by atoms with Crippen LogP contribution in [-0.4, -0.2) is 7.85 Å². The molecule has 1 rings (SSSR count). The number of hydrogen-bond acceptors (Lipinski definition) is 0. The summed E-state index contributed by atoms with van der Waals surface area (Å²) in [7, 11) is 5.19. The molecule has 0 bridgehead atoms. The summed E-state index contributed by atoms with van der Waals surface area (Å²) in [6, 6.07) is 0. The molecule has 0 saturated carbocycles. The molecule has 0 unspecified atom stereocenters. The van der Waals surface area contributed by atoms with Gasteiger partial charge in [0.15, 0.2) is 0 Å². The van der Waals surface area contributed by atoms with Crippen LogP contribution in [0, 0.1) is 0 Å². The van der Waals surface area contributed by atoms with Gasteiger partial charge in [-0.1, -0.05) is 6.32 Å². The molecule has 0 nitrogen and oxygen atoms in total. The fourth-order valence-electron chi connectivity index (χ4n) is 0.901. The zero-order valence-electron chi connectivity index (χ0n) is 5.53. The molecule has 10 heavy (non-hydrogen) atoms. The van der Waals surface area contributed by atoms with E-state index in [9.17, 15) is 8.78 Å². The lowest BCUT2D eigenvalue weighted by Crippen LogP contribution is -1.93. The molecular formula is C7H7BF2. The molecule has 0 aromatic heterocycles. The van der Waals surface area contributed by atoms with E-state index in [1.807, 2.05) is 0 Å². The topological polar surface area (TPSA) is 0 Å². The highest BCUT2D eigenvalue weighted by Gasteiger charge is 2.10. The summed E-state index contributed by atoms with van der Waals surface area (Å²) in [5.41, 5.74) is 0.515. The Balaban J connectivity index is 2.80. The van der Waals surface area contributed by atoms with Crippen molar-refractivity contribution in [2.75, 3.05) is 0 Å². The van der Waals surface area contributed by atoms with Gasteiger partial charge in [0.25, 0.3) is 0 Å². The monoisotopic (exact) mass is 140 g/mol. The van der Waals surface area contributed by atoms with Crippen molar-refractivity contribution in [2.24, 2.45) is 0 Å². The minimum Gasteiger partial charge on any atom is -0.212 e. The van der Waals surface area contributed by atoms with Gasteiger partial charge in [-0.15, -0.1) is 0 Å². The van der Waals surface area contributed by atoms with Crippen LogP contribution in [0.2, 0.25) is 6.32 Å². The smallest absolute Gasteiger partial charge is 0.124 e. The van der Waals surface area contributed by atoms with Gasteiger partial charge >= 0.3 is 0 Å². The molecule has 1 aliphatic carbocycles. The lowest BCUT2D eigenvalue weighted by Gasteiger charge is -2.09. The normalized spacial score (nSPS) is 19.2. The van der Waals surface area contributed by atoms with Gasteiger partial charge in [0.1, 0.15) is 11.7 Å². The van der Waals surface area contributed by atoms with Crippen molar-refractivity contribution in [2.45, 2.75) is 19.2 Å². The van der Waals surface area contributed by atoms with Gasteiger partial charge in [0, 0.05) is 12.5 Å². The van der Waals surface area contributed by atoms with Crippen molar-refractivity contribution >= 4 is 7.85 Å². The van der Waals surface area contributed by atoms with E-state index in [1.54, 1.807) is 0 Å². The molecule has 2 radical (unpaired) electrons. The first-order valence-corrected chi connectivity index (χ1v) is 3.17. The Kier molecular flexibility index (Phi) is 2.25. The van der Waals surface area contributed by atoms with Crippen LogP contribution in [-0.2, 0) is 0 Å². The maximum Gasteiger partial charge on any atom is 0.124 e. The molecule has 1 aliphatic rings. The van der Waals surface area contributed by atoms with Crippen molar-refractivity contribution in [3.63, 3.8) is 0 Å². The van der Waals surface area contributed by atoms with Crippen LogP contribution in [0.1, 0.15) is 12.8 Å². The number of rotatable bonds is 1. The summed E-state index contributed by atoms with van der Waals surface area (Å²) < 4.78 is 24.9. The quantitative estimate of drug-likeness (QED) is 0.490. The summed E-state index contributed by atoms with van der Waals surface area (Å²) in [6.07, 6.45) is 1.81. The molecule has 0 amide bonds. The Morgan fingerprint density at radius 3 is 2.60 bits per heavy atom. The SMILES string of the molecule is [B]CC1=C(F)C=C(F)CC1. The second kappa shape index (κ2) is 2.99. The number of halogens is 2. The van der Waals surface area contributed by atoms with E-state index in [0.29, 0.717) is 18.4 Å². The van der Waals surface area contributed by atoms with Crippen LogP contribution >= 0.6 is 0 Å². The van der Waals surface area contributed by atoms with Crippen LogP contribution in [0.15, 0.2) is 23.3 Å². The van der Waals surface area contributed by atoms with E-state index >= 15 is 0 Å². The Labute approximate surface area is 60.0 Å². The maximum atomic E-state index is 12.6. The first-order valence-electron chi connectivity index (χ1n) is 3.17. The second-order valence-electron chi connectivity index (χ2n) is 2.25. The lowest BCUT2D eigenvalue weighted by atomic mass is 9.90. The van der Waals surface area contributed by atoms with E-state index in [4.69, 9.17) is 7.85 Å². The van der Waals surface area contributed by atoms with E-state index in [2.05, 4.69) is 0 Å². The minimum absolute atomic E-state index is 0.190. The van der Waals surface area contributed by atoms with Crippen LogP contribution in [0.3, 0.4) is 0 Å². The molecule has 3 heteroatoms. The fraction of sp³-hybridized carbons (Fsp3) is 0.429. The largest absolute Gasteiger partial charge is 0.212 e. The third-order valence-corrected chi connectivity index (χ3v) is 1.53. The molecule has 0 aliphatic heterocycles. The molecule has 0 aromatic rings. The van der Waals surface area contributed by atoms with Crippen LogP contribution in [0.4, 0.5) is 8.78 Å². The summed E-state index contributed by atoms with van der Waals surface area (Å²) in [5, 5.41) is 0. The molecular weight excluding hydrogens is 133 g/mol. The molecule has 0 N–H and O–H groups in total. The van der Waals surface area contributed by atoms with Gasteiger partial charge < -0.3 is 0 Å². The lowest BCUT2D eigenvalue weighted by molar-refractivity contribution is 0.547. The van der Waals surface area contributed by atoms with Crippen LogP contribution < -0.4 is 0 Å². The van der Waals surface area contributed by atoms with E-state index in [0.717, 1.165) is 6.08 Å². The molecule has 0 aromatic carbocycles. The Bertz CT molecular complexity index is 194. The molecule has 0 spiro atoms. The van der Waals surface area contributed by atoms with Crippen molar-refractivity contribution in [3.8, 4) is 0 Å². The van der Waals surface area contributed by atoms with E-state index in [1.165, 1.54) is 0 Å². The molecule has 52 valence electrons. The van der Waals surface area contributed by atoms with Crippen LogP contribution in [0.5, 0.6) is 0 Å². The van der Waals surface area contributed by atoms with Crippen molar-refractivity contribution in [1.29, 1.82) is 0 Å². The minimum atomic E-state index is -0.494. The second-order valence-corrected chi connectivity index (χ2v) is 2.25. The Morgan fingerprint density at radius 1 is 1.40 bits per heavy atom. The van der Waals surface area contributed by atoms with Crippen LogP contribution in [0.25, 0.3) is 0 Å². The standard InChI is InChI=1S/C7H7BF2/c8-4-5-1-2-6(9)3-7(5)10/h3H,1-2,4H2. The number of allylic oxidation sites excluding steroid dienone is 4. The van der Waals surface area contributed by atoms with E-state index in [-0.39, 0.29) is 6.32 Å². The maximum absolute atomic E-state index is 12.6. The fourth-order valence-corrected chi connectivity index (χ4v) is 0.901. The summed E-state index contributed by atoms with van der Waals surface area (Å²) in [6.45, 7) is 0. The predicted molar refractivity (Wildman–Crippen MR) is 37.1 cm³/mol. The highest BCUT2D eigenvalue weighted by molar-refractivity contribution is 6.10. The Morgan fingerprint density at radius 2 is 2.10 bits per heavy atom. The average molecular weight is 140 g/mol. The molecule has 0 fully saturated rings. The van der Waals surface area contributed by atoms with Gasteiger partial charge in [0.2, 0.25) is 0 Å². The van der Waals surface area contributed by atoms with Gasteiger partial charge in [-0.2, -0.15) is 0 Å². The van der Waals surface area contributed by atoms with Gasteiger partial charge in [-0.25, -0.2) is 8.78 Å². The highest BCUT2D eigenvalue weighted by Crippen LogP contribution is 2.26. The van der Waals surface area contributed by atoms with E-state index < -0.39 is 11.7 Å². The molecule has 0 atom stereocenters. The average Bonchev–Trinajstić information content (AvgIpc) is 1.88. The number of hydrogen-bond donors (Lipinski definition) is 0. The zero-order valence-corrected chi connectivity index (χ0v) is 5.53. The summed E-state index contributed by atoms with van der Waals surface area (Å²) in [4.78, 5) is 0. The van der Waals surface area contributed by atoms with Gasteiger partial charge in [-0.05, 0) is 12.0 Å². The van der Waals surface area contributed by atoms with Crippen molar-refractivity contribution in [1.82, 2.24) is 0 Å². The molecule has 0 heterocycles. The molecule has 0 saturated heterocycles. The highest BCUT2D eigenvalue weighted by atomic mass is 19.1. The van der Waals surface area contributed by atoms with Gasteiger partial charge in [0.05, 0.1) is 7.85 Å². The predicted octanol–water partition coefficient (Wildman–Crippen LogP) is 2.44. The summed E-state index contributed by atoms with van der Waals surface area (Å²) >= 11 is 0. The first kappa shape index (κ1) is 7.51. The van der Waals surface area contributed by atoms with Crippen molar-refractivity contribution in [3.05, 3.63) is 23.3 Å². The van der Waals surface area contributed by atoms with Gasteiger partial charge in [-0.3, -0.25) is 0 Å². The first-order chi connectivity index (χ1) is 4.74.